The highest BCUT2D eigenvalue weighted by Gasteiger charge is 2.12. The molecule has 0 saturated heterocycles. The Labute approximate surface area is 145 Å². The van der Waals surface area contributed by atoms with Gasteiger partial charge in [-0.1, -0.05) is 36.4 Å². The van der Waals surface area contributed by atoms with Gasteiger partial charge < -0.3 is 20.0 Å². The number of benzene rings is 2. The number of hydrogen-bond acceptors (Lipinski definition) is 5. The highest BCUT2D eigenvalue weighted by atomic mass is 16.5. The third-order valence-electron chi connectivity index (χ3n) is 3.26. The summed E-state index contributed by atoms with van der Waals surface area (Å²) in [5, 5.41) is 22.6. The first kappa shape index (κ1) is 17.8. The first-order chi connectivity index (χ1) is 12.0. The number of rotatable bonds is 6. The van der Waals surface area contributed by atoms with Gasteiger partial charge in [0.1, 0.15) is 17.4 Å². The Hall–Kier alpha value is -3.59. The van der Waals surface area contributed by atoms with E-state index in [2.05, 4.69) is 5.32 Å². The molecule has 0 radical (unpaired) electrons. The average molecular weight is 335 g/mol. The van der Waals surface area contributed by atoms with Crippen LogP contribution in [0.4, 0.5) is 5.69 Å². The molecule has 2 aromatic carbocycles. The molecule has 0 spiro atoms. The van der Waals surface area contributed by atoms with Crippen LogP contribution in [0, 0.1) is 11.3 Å². The lowest BCUT2D eigenvalue weighted by molar-refractivity contribution is -0.255. The van der Waals surface area contributed by atoms with Crippen LogP contribution >= 0.6 is 0 Å². The number of anilines is 1. The summed E-state index contributed by atoms with van der Waals surface area (Å²) in [5.41, 5.74) is 0.885. The van der Waals surface area contributed by atoms with Crippen molar-refractivity contribution in [3.8, 4) is 11.8 Å². The minimum Gasteiger partial charge on any atom is -0.545 e. The highest BCUT2D eigenvalue weighted by Crippen LogP contribution is 2.24. The molecule has 0 aliphatic rings. The van der Waals surface area contributed by atoms with Gasteiger partial charge in [-0.2, -0.15) is 5.26 Å². The third kappa shape index (κ3) is 4.69. The molecule has 6 heteroatoms. The van der Waals surface area contributed by atoms with Crippen molar-refractivity contribution in [2.24, 2.45) is 0 Å². The molecule has 0 fully saturated rings. The summed E-state index contributed by atoms with van der Waals surface area (Å²) in [6, 6.07) is 14.4. The van der Waals surface area contributed by atoms with Crippen molar-refractivity contribution < 1.29 is 19.4 Å². The topological polar surface area (TPSA) is 102 Å². The quantitative estimate of drug-likeness (QED) is 0.642. The molecule has 0 unspecified atom stereocenters. The van der Waals surface area contributed by atoms with E-state index in [1.165, 1.54) is 30.3 Å². The number of carboxylic acid groups (broad SMARTS) is 1. The Kier molecular flexibility index (Phi) is 5.91. The fraction of sp³-hybridized carbons (Fsp3) is 0.105. The van der Waals surface area contributed by atoms with Gasteiger partial charge in [-0.25, -0.2) is 0 Å². The summed E-state index contributed by atoms with van der Waals surface area (Å²) < 4.78 is 5.43. The number of para-hydroxylation sites is 2. The normalized spacial score (nSPS) is 10.6. The molecule has 1 amide bonds. The van der Waals surface area contributed by atoms with Crippen LogP contribution in [0.15, 0.2) is 54.1 Å². The smallest absolute Gasteiger partial charge is 0.266 e. The number of ether oxygens (including phenoxy) is 1. The van der Waals surface area contributed by atoms with Crippen molar-refractivity contribution in [1.29, 1.82) is 5.26 Å². The maximum absolute atomic E-state index is 12.3. The fourth-order valence-electron chi connectivity index (χ4n) is 2.07. The number of nitrogens with one attached hydrogen (secondary N) is 1. The van der Waals surface area contributed by atoms with Crippen molar-refractivity contribution in [1.82, 2.24) is 0 Å². The number of amides is 1. The molecule has 0 atom stereocenters. The standard InChI is InChI=1S/C19H16N2O4/c1-2-25-17-6-4-3-5-16(17)21-18(22)15(12-20)11-13-7-9-14(10-8-13)19(23)24/h3-11H,2H2,1H3,(H,21,22)(H,23,24)/p-1/b15-11+. The molecule has 0 aromatic heterocycles. The van der Waals surface area contributed by atoms with Gasteiger partial charge >= 0.3 is 0 Å². The second kappa shape index (κ2) is 8.31. The highest BCUT2D eigenvalue weighted by molar-refractivity contribution is 6.10. The van der Waals surface area contributed by atoms with E-state index < -0.39 is 11.9 Å². The minimum atomic E-state index is -1.29. The van der Waals surface area contributed by atoms with E-state index in [1.54, 1.807) is 24.3 Å². The molecular weight excluding hydrogens is 320 g/mol. The second-order valence-corrected chi connectivity index (χ2v) is 4.96. The molecule has 1 N–H and O–H groups in total. The van der Waals surface area contributed by atoms with E-state index in [4.69, 9.17) is 4.74 Å². The summed E-state index contributed by atoms with van der Waals surface area (Å²) >= 11 is 0. The van der Waals surface area contributed by atoms with E-state index in [0.717, 1.165) is 0 Å². The summed E-state index contributed by atoms with van der Waals surface area (Å²) in [5.74, 6) is -1.37. The van der Waals surface area contributed by atoms with Gasteiger partial charge in [-0.05, 0) is 36.3 Å². The number of nitrogens with zero attached hydrogens (tertiary/aromatic N) is 1. The van der Waals surface area contributed by atoms with Crippen LogP contribution in [-0.2, 0) is 4.79 Å². The Morgan fingerprint density at radius 3 is 2.48 bits per heavy atom. The second-order valence-electron chi connectivity index (χ2n) is 4.96. The predicted molar refractivity (Wildman–Crippen MR) is 90.6 cm³/mol. The molecule has 0 aliphatic carbocycles. The number of carboxylic acids is 1. The Bertz CT molecular complexity index is 848. The molecule has 6 nitrogen and oxygen atoms in total. The van der Waals surface area contributed by atoms with Gasteiger partial charge in [-0.15, -0.1) is 0 Å². The van der Waals surface area contributed by atoms with Gasteiger partial charge in [0.15, 0.2) is 0 Å². The molecular formula is C19H15N2O4-. The lowest BCUT2D eigenvalue weighted by Gasteiger charge is -2.10. The molecule has 25 heavy (non-hydrogen) atoms. The first-order valence-electron chi connectivity index (χ1n) is 7.51. The Morgan fingerprint density at radius 2 is 1.88 bits per heavy atom. The van der Waals surface area contributed by atoms with Crippen LogP contribution in [0.5, 0.6) is 5.75 Å². The molecule has 2 aromatic rings. The number of hydrogen-bond donors (Lipinski definition) is 1. The van der Waals surface area contributed by atoms with Crippen molar-refractivity contribution in [3.05, 3.63) is 65.2 Å². The maximum atomic E-state index is 12.3. The first-order valence-corrected chi connectivity index (χ1v) is 7.51. The van der Waals surface area contributed by atoms with Gasteiger partial charge in [-0.3, -0.25) is 4.79 Å². The van der Waals surface area contributed by atoms with E-state index in [9.17, 15) is 20.0 Å². The lowest BCUT2D eigenvalue weighted by atomic mass is 10.1. The zero-order chi connectivity index (χ0) is 18.2. The third-order valence-corrected chi connectivity index (χ3v) is 3.26. The molecule has 0 heterocycles. The minimum absolute atomic E-state index is 0.0192. The van der Waals surface area contributed by atoms with Crippen LogP contribution < -0.4 is 15.2 Å². The molecule has 126 valence electrons. The number of aromatic carboxylic acids is 1. The Balaban J connectivity index is 2.21. The number of nitriles is 1. The van der Waals surface area contributed by atoms with Crippen molar-refractivity contribution >= 4 is 23.6 Å². The molecule has 0 bridgehead atoms. The zero-order valence-electron chi connectivity index (χ0n) is 13.5. The summed E-state index contributed by atoms with van der Waals surface area (Å²) in [4.78, 5) is 23.1. The number of carbonyl (C=O) groups is 2. The monoisotopic (exact) mass is 335 g/mol. The van der Waals surface area contributed by atoms with E-state index in [1.807, 2.05) is 13.0 Å². The Morgan fingerprint density at radius 1 is 1.20 bits per heavy atom. The van der Waals surface area contributed by atoms with Gasteiger partial charge in [0, 0.05) is 0 Å². The van der Waals surface area contributed by atoms with Crippen LogP contribution in [0.2, 0.25) is 0 Å². The van der Waals surface area contributed by atoms with E-state index in [0.29, 0.717) is 23.6 Å². The molecule has 0 saturated carbocycles. The maximum Gasteiger partial charge on any atom is 0.266 e. The van der Waals surface area contributed by atoms with Gasteiger partial charge in [0.25, 0.3) is 5.91 Å². The van der Waals surface area contributed by atoms with Crippen LogP contribution in [0.25, 0.3) is 6.08 Å². The fourth-order valence-corrected chi connectivity index (χ4v) is 2.07. The lowest BCUT2D eigenvalue weighted by Crippen LogP contribution is -2.21. The zero-order valence-corrected chi connectivity index (χ0v) is 13.5. The van der Waals surface area contributed by atoms with E-state index >= 15 is 0 Å². The van der Waals surface area contributed by atoms with Crippen LogP contribution in [-0.4, -0.2) is 18.5 Å². The van der Waals surface area contributed by atoms with E-state index in [-0.39, 0.29) is 11.1 Å². The predicted octanol–water partition coefficient (Wildman–Crippen LogP) is 1.99. The summed E-state index contributed by atoms with van der Waals surface area (Å²) in [7, 11) is 0. The number of carbonyl (C=O) groups excluding carboxylic acids is 2. The van der Waals surface area contributed by atoms with Crippen molar-refractivity contribution in [2.45, 2.75) is 6.92 Å². The molecule has 2 rings (SSSR count). The van der Waals surface area contributed by atoms with Crippen molar-refractivity contribution in [3.63, 3.8) is 0 Å². The average Bonchev–Trinajstić information content (AvgIpc) is 2.61. The van der Waals surface area contributed by atoms with Crippen LogP contribution in [0.3, 0.4) is 0 Å². The van der Waals surface area contributed by atoms with Gasteiger partial charge in [0.2, 0.25) is 0 Å². The summed E-state index contributed by atoms with van der Waals surface area (Å²) in [6.07, 6.45) is 1.37. The largest absolute Gasteiger partial charge is 0.545 e. The SMILES string of the molecule is CCOc1ccccc1NC(=O)/C(C#N)=C/c1ccc(C(=O)[O-])cc1. The summed E-state index contributed by atoms with van der Waals surface area (Å²) in [6.45, 7) is 2.27. The van der Waals surface area contributed by atoms with Crippen molar-refractivity contribution in [2.75, 3.05) is 11.9 Å². The van der Waals surface area contributed by atoms with Gasteiger partial charge in [0.05, 0.1) is 18.3 Å². The van der Waals surface area contributed by atoms with Crippen LogP contribution in [0.1, 0.15) is 22.8 Å². The molecule has 0 aliphatic heterocycles.